The van der Waals surface area contributed by atoms with Crippen molar-refractivity contribution in [3.63, 3.8) is 0 Å². The van der Waals surface area contributed by atoms with Gasteiger partial charge in [-0.3, -0.25) is 4.98 Å². The number of benzene rings is 1. The highest BCUT2D eigenvalue weighted by Crippen LogP contribution is 2.29. The summed E-state index contributed by atoms with van der Waals surface area (Å²) >= 11 is 0. The maximum atomic E-state index is 9.75. The quantitative estimate of drug-likeness (QED) is 0.879. The van der Waals surface area contributed by atoms with Crippen molar-refractivity contribution in [1.82, 2.24) is 4.98 Å². The summed E-state index contributed by atoms with van der Waals surface area (Å²) in [6.07, 6.45) is 3.77. The van der Waals surface area contributed by atoms with E-state index in [9.17, 15) is 5.11 Å². The van der Waals surface area contributed by atoms with E-state index in [1.807, 2.05) is 30.5 Å². The number of aromatic nitrogens is 1. The second kappa shape index (κ2) is 6.91. The van der Waals surface area contributed by atoms with E-state index < -0.39 is 6.10 Å². The van der Waals surface area contributed by atoms with E-state index >= 15 is 0 Å². The standard InChI is InChI=1S/C16H19NO3/c1-12(18)15-6-5-14(19-2)10-16(15)20-9-7-13-4-3-8-17-11-13/h3-6,8,10-12,18H,7,9H2,1-2H3/t12-/m0/s1. The average molecular weight is 273 g/mol. The lowest BCUT2D eigenvalue weighted by Gasteiger charge is -2.14. The lowest BCUT2D eigenvalue weighted by Crippen LogP contribution is -2.05. The van der Waals surface area contributed by atoms with Crippen LogP contribution in [-0.4, -0.2) is 23.8 Å². The summed E-state index contributed by atoms with van der Waals surface area (Å²) in [6, 6.07) is 9.35. The van der Waals surface area contributed by atoms with E-state index in [-0.39, 0.29) is 0 Å². The van der Waals surface area contributed by atoms with Crippen molar-refractivity contribution in [1.29, 1.82) is 0 Å². The Kier molecular flexibility index (Phi) is 4.96. The summed E-state index contributed by atoms with van der Waals surface area (Å²) < 4.78 is 11.0. The number of aliphatic hydroxyl groups is 1. The largest absolute Gasteiger partial charge is 0.497 e. The third-order valence-electron chi connectivity index (χ3n) is 3.04. The van der Waals surface area contributed by atoms with E-state index in [1.54, 1.807) is 26.3 Å². The van der Waals surface area contributed by atoms with Crippen molar-refractivity contribution in [2.24, 2.45) is 0 Å². The summed E-state index contributed by atoms with van der Waals surface area (Å²) in [7, 11) is 1.61. The number of hydrogen-bond donors (Lipinski definition) is 1. The number of hydrogen-bond acceptors (Lipinski definition) is 4. The predicted molar refractivity (Wildman–Crippen MR) is 77.1 cm³/mol. The average Bonchev–Trinajstić information content (AvgIpc) is 2.48. The van der Waals surface area contributed by atoms with Gasteiger partial charge in [-0.05, 0) is 30.7 Å². The number of methoxy groups -OCH3 is 1. The zero-order valence-corrected chi connectivity index (χ0v) is 11.7. The molecule has 106 valence electrons. The minimum atomic E-state index is -0.575. The van der Waals surface area contributed by atoms with Crippen LogP contribution in [0.15, 0.2) is 42.7 Å². The summed E-state index contributed by atoms with van der Waals surface area (Å²) in [6.45, 7) is 2.24. The molecule has 0 saturated carbocycles. The molecule has 1 aromatic heterocycles. The molecule has 0 spiro atoms. The van der Waals surface area contributed by atoms with Gasteiger partial charge in [0.2, 0.25) is 0 Å². The maximum Gasteiger partial charge on any atom is 0.128 e. The molecule has 1 atom stereocenters. The van der Waals surface area contributed by atoms with Crippen LogP contribution in [0.25, 0.3) is 0 Å². The fourth-order valence-electron chi connectivity index (χ4n) is 1.94. The third kappa shape index (κ3) is 3.71. The van der Waals surface area contributed by atoms with Gasteiger partial charge in [0, 0.05) is 30.4 Å². The molecule has 0 amide bonds. The van der Waals surface area contributed by atoms with Crippen molar-refractivity contribution < 1.29 is 14.6 Å². The van der Waals surface area contributed by atoms with Crippen LogP contribution in [-0.2, 0) is 6.42 Å². The lowest BCUT2D eigenvalue weighted by molar-refractivity contribution is 0.191. The number of ether oxygens (including phenoxy) is 2. The van der Waals surface area contributed by atoms with Crippen molar-refractivity contribution in [2.45, 2.75) is 19.4 Å². The molecule has 0 aliphatic carbocycles. The van der Waals surface area contributed by atoms with Crippen LogP contribution in [0.2, 0.25) is 0 Å². The fourth-order valence-corrected chi connectivity index (χ4v) is 1.94. The second-order valence-electron chi connectivity index (χ2n) is 4.54. The molecule has 1 N–H and O–H groups in total. The van der Waals surface area contributed by atoms with Gasteiger partial charge >= 0.3 is 0 Å². The Morgan fingerprint density at radius 2 is 2.15 bits per heavy atom. The van der Waals surface area contributed by atoms with Crippen LogP contribution in [0.5, 0.6) is 11.5 Å². The zero-order chi connectivity index (χ0) is 14.4. The number of nitrogens with zero attached hydrogens (tertiary/aromatic N) is 1. The van der Waals surface area contributed by atoms with E-state index in [4.69, 9.17) is 9.47 Å². The molecule has 4 nitrogen and oxygen atoms in total. The summed E-state index contributed by atoms with van der Waals surface area (Å²) in [4.78, 5) is 4.07. The molecule has 0 radical (unpaired) electrons. The van der Waals surface area contributed by atoms with E-state index in [2.05, 4.69) is 4.98 Å². The molecule has 0 bridgehead atoms. The number of aliphatic hydroxyl groups excluding tert-OH is 1. The normalized spacial score (nSPS) is 11.9. The monoisotopic (exact) mass is 273 g/mol. The Morgan fingerprint density at radius 3 is 2.80 bits per heavy atom. The van der Waals surface area contributed by atoms with Gasteiger partial charge in [-0.1, -0.05) is 6.07 Å². The van der Waals surface area contributed by atoms with E-state index in [1.165, 1.54) is 0 Å². The molecule has 0 unspecified atom stereocenters. The minimum Gasteiger partial charge on any atom is -0.497 e. The first-order valence-corrected chi connectivity index (χ1v) is 6.58. The smallest absolute Gasteiger partial charge is 0.128 e. The first-order chi connectivity index (χ1) is 9.70. The molecule has 1 heterocycles. The molecule has 4 heteroatoms. The number of rotatable bonds is 6. The van der Waals surface area contributed by atoms with Gasteiger partial charge in [-0.15, -0.1) is 0 Å². The first kappa shape index (κ1) is 14.3. The highest BCUT2D eigenvalue weighted by atomic mass is 16.5. The summed E-state index contributed by atoms with van der Waals surface area (Å²) in [5.41, 5.74) is 1.88. The molecule has 1 aromatic carbocycles. The maximum absolute atomic E-state index is 9.75. The molecule has 2 rings (SSSR count). The Hall–Kier alpha value is -2.07. The van der Waals surface area contributed by atoms with Gasteiger partial charge in [-0.2, -0.15) is 0 Å². The topological polar surface area (TPSA) is 51.6 Å². The molecular formula is C16H19NO3. The highest BCUT2D eigenvalue weighted by Gasteiger charge is 2.10. The Balaban J connectivity index is 2.04. The van der Waals surface area contributed by atoms with Crippen molar-refractivity contribution in [3.8, 4) is 11.5 Å². The van der Waals surface area contributed by atoms with Crippen molar-refractivity contribution in [2.75, 3.05) is 13.7 Å². The lowest BCUT2D eigenvalue weighted by atomic mass is 10.1. The van der Waals surface area contributed by atoms with Crippen molar-refractivity contribution >= 4 is 0 Å². The third-order valence-corrected chi connectivity index (χ3v) is 3.04. The van der Waals surface area contributed by atoms with Gasteiger partial charge in [0.05, 0.1) is 19.8 Å². The van der Waals surface area contributed by atoms with Gasteiger partial charge < -0.3 is 14.6 Å². The SMILES string of the molecule is COc1ccc([C@H](C)O)c(OCCc2cccnc2)c1. The molecule has 0 fully saturated rings. The first-order valence-electron chi connectivity index (χ1n) is 6.58. The van der Waals surface area contributed by atoms with Gasteiger partial charge in [-0.25, -0.2) is 0 Å². The molecule has 0 aliphatic rings. The molecule has 20 heavy (non-hydrogen) atoms. The second-order valence-corrected chi connectivity index (χ2v) is 4.54. The molecule has 0 saturated heterocycles. The van der Waals surface area contributed by atoms with Crippen LogP contribution >= 0.6 is 0 Å². The fraction of sp³-hybridized carbons (Fsp3) is 0.312. The Morgan fingerprint density at radius 1 is 1.30 bits per heavy atom. The number of pyridine rings is 1. The Labute approximate surface area is 119 Å². The molecule has 2 aromatic rings. The summed E-state index contributed by atoms with van der Waals surface area (Å²) in [5.74, 6) is 1.37. The van der Waals surface area contributed by atoms with Gasteiger partial charge in [0.1, 0.15) is 11.5 Å². The predicted octanol–water partition coefficient (Wildman–Crippen LogP) is 2.77. The van der Waals surface area contributed by atoms with Crippen LogP contribution in [0, 0.1) is 0 Å². The van der Waals surface area contributed by atoms with Crippen molar-refractivity contribution in [3.05, 3.63) is 53.9 Å². The molecular weight excluding hydrogens is 254 g/mol. The van der Waals surface area contributed by atoms with Crippen LogP contribution < -0.4 is 9.47 Å². The highest BCUT2D eigenvalue weighted by molar-refractivity contribution is 5.41. The van der Waals surface area contributed by atoms with Gasteiger partial charge in [0.25, 0.3) is 0 Å². The van der Waals surface area contributed by atoms with E-state index in [0.29, 0.717) is 18.1 Å². The zero-order valence-electron chi connectivity index (χ0n) is 11.7. The molecule has 0 aliphatic heterocycles. The summed E-state index contributed by atoms with van der Waals surface area (Å²) in [5, 5.41) is 9.75. The van der Waals surface area contributed by atoms with Gasteiger partial charge in [0.15, 0.2) is 0 Å². The van der Waals surface area contributed by atoms with Crippen LogP contribution in [0.3, 0.4) is 0 Å². The Bertz CT molecular complexity index is 541. The van der Waals surface area contributed by atoms with E-state index in [0.717, 1.165) is 17.5 Å². The van der Waals surface area contributed by atoms with Crippen LogP contribution in [0.1, 0.15) is 24.2 Å². The van der Waals surface area contributed by atoms with Crippen LogP contribution in [0.4, 0.5) is 0 Å². The minimum absolute atomic E-state index is 0.526.